The van der Waals surface area contributed by atoms with Gasteiger partial charge in [0.05, 0.1) is 42.5 Å². The van der Waals surface area contributed by atoms with Crippen molar-refractivity contribution >= 4 is 18.7 Å². The van der Waals surface area contributed by atoms with Crippen LogP contribution in [0.25, 0.3) is 0 Å². The van der Waals surface area contributed by atoms with Crippen LogP contribution in [-0.2, 0) is 14.8 Å². The molecular weight excluding hydrogens is 323 g/mol. The predicted octanol–water partition coefficient (Wildman–Crippen LogP) is 1.09. The molecule has 0 spiro atoms. The van der Waals surface area contributed by atoms with Crippen LogP contribution in [0.2, 0.25) is 0 Å². The number of carboxylic acid groups (broad SMARTS) is 1. The van der Waals surface area contributed by atoms with Gasteiger partial charge < -0.3 is 19.3 Å². The van der Waals surface area contributed by atoms with Gasteiger partial charge in [-0.25, -0.2) is 4.79 Å². The maximum atomic E-state index is 11.1. The first-order valence-corrected chi connectivity index (χ1v) is 8.28. The molecule has 8 nitrogen and oxygen atoms in total. The molecule has 1 aromatic heterocycles. The van der Waals surface area contributed by atoms with Gasteiger partial charge in [-0.1, -0.05) is 0 Å². The normalized spacial score (nSPS) is 23.2. The second-order valence-corrected chi connectivity index (χ2v) is 7.90. The van der Waals surface area contributed by atoms with Crippen LogP contribution < -0.4 is 5.46 Å². The average Bonchev–Trinajstić information content (AvgIpc) is 2.91. The number of nitrogens with zero attached hydrogens (tertiary/aromatic N) is 4. The second-order valence-electron chi connectivity index (χ2n) is 7.90. The van der Waals surface area contributed by atoms with E-state index >= 15 is 0 Å². The van der Waals surface area contributed by atoms with E-state index < -0.39 is 30.0 Å². The second kappa shape index (κ2) is 5.48. The molecular formula is C16H23BN4O4. The zero-order valence-corrected chi connectivity index (χ0v) is 15.2. The smallest absolute Gasteiger partial charge is 0.465 e. The third kappa shape index (κ3) is 2.70. The number of rotatable bonds is 3. The highest BCUT2D eigenvalue weighted by Crippen LogP contribution is 2.37. The lowest BCUT2D eigenvalue weighted by Crippen LogP contribution is -2.64. The highest BCUT2D eigenvalue weighted by molar-refractivity contribution is 6.62. The summed E-state index contributed by atoms with van der Waals surface area (Å²) in [5.41, 5.74) is 0.0365. The van der Waals surface area contributed by atoms with Gasteiger partial charge in [0.15, 0.2) is 0 Å². The fourth-order valence-electron chi connectivity index (χ4n) is 3.20. The summed E-state index contributed by atoms with van der Waals surface area (Å²) >= 11 is 0. The van der Waals surface area contributed by atoms with Crippen LogP contribution in [-0.4, -0.2) is 57.3 Å². The van der Waals surface area contributed by atoms with Crippen molar-refractivity contribution < 1.29 is 19.2 Å². The molecule has 1 N–H and O–H groups in total. The van der Waals surface area contributed by atoms with Gasteiger partial charge in [0.2, 0.25) is 0 Å². The number of amides is 1. The minimum atomic E-state index is -0.983. The Bertz CT molecular complexity index is 730. The molecule has 134 valence electrons. The van der Waals surface area contributed by atoms with Crippen LogP contribution >= 0.6 is 0 Å². The molecule has 0 saturated carbocycles. The van der Waals surface area contributed by atoms with E-state index in [0.29, 0.717) is 0 Å². The van der Waals surface area contributed by atoms with E-state index in [1.54, 1.807) is 4.68 Å². The number of carbonyl (C=O) groups is 1. The zero-order valence-electron chi connectivity index (χ0n) is 15.2. The Hall–Kier alpha value is -2.05. The molecule has 2 saturated heterocycles. The van der Waals surface area contributed by atoms with Crippen molar-refractivity contribution in [3.63, 3.8) is 0 Å². The van der Waals surface area contributed by atoms with Gasteiger partial charge in [0.25, 0.3) is 0 Å². The number of aromatic nitrogens is 2. The van der Waals surface area contributed by atoms with E-state index in [1.165, 1.54) is 4.90 Å². The Morgan fingerprint density at radius 3 is 2.40 bits per heavy atom. The summed E-state index contributed by atoms with van der Waals surface area (Å²) in [5.74, 6) is 0. The van der Waals surface area contributed by atoms with Crippen LogP contribution in [0.4, 0.5) is 4.79 Å². The van der Waals surface area contributed by atoms with E-state index in [0.717, 1.165) is 11.2 Å². The quantitative estimate of drug-likeness (QED) is 0.823. The topological polar surface area (TPSA) is 101 Å². The van der Waals surface area contributed by atoms with Crippen molar-refractivity contribution in [1.29, 1.82) is 5.26 Å². The van der Waals surface area contributed by atoms with Gasteiger partial charge >= 0.3 is 13.2 Å². The van der Waals surface area contributed by atoms with Crippen LogP contribution in [0.5, 0.6) is 0 Å². The van der Waals surface area contributed by atoms with Crippen molar-refractivity contribution in [2.75, 3.05) is 13.1 Å². The molecule has 0 radical (unpaired) electrons. The minimum absolute atomic E-state index is 0.195. The summed E-state index contributed by atoms with van der Waals surface area (Å²) in [6, 6.07) is 2.15. The molecule has 0 atom stereocenters. The SMILES string of the molecule is Cc1nn(C2(CC#N)CN(C(=O)O)C2)cc1B1OC(C)(C)C(C)(C)O1. The van der Waals surface area contributed by atoms with Crippen LogP contribution in [0.3, 0.4) is 0 Å². The molecule has 3 heterocycles. The number of nitriles is 1. The van der Waals surface area contributed by atoms with E-state index in [2.05, 4.69) is 11.2 Å². The maximum Gasteiger partial charge on any atom is 0.498 e. The van der Waals surface area contributed by atoms with Gasteiger partial charge in [-0.15, -0.1) is 0 Å². The molecule has 1 amide bonds. The lowest BCUT2D eigenvalue weighted by Gasteiger charge is -2.47. The Morgan fingerprint density at radius 2 is 1.92 bits per heavy atom. The first-order valence-electron chi connectivity index (χ1n) is 8.28. The number of aryl methyl sites for hydroxylation is 1. The summed E-state index contributed by atoms with van der Waals surface area (Å²) in [7, 11) is -0.534. The van der Waals surface area contributed by atoms with Gasteiger partial charge in [-0.2, -0.15) is 10.4 Å². The van der Waals surface area contributed by atoms with Crippen LogP contribution in [0.15, 0.2) is 6.20 Å². The first-order chi connectivity index (χ1) is 11.5. The monoisotopic (exact) mass is 346 g/mol. The van der Waals surface area contributed by atoms with Crippen LogP contribution in [0, 0.1) is 18.3 Å². The number of hydrogen-bond donors (Lipinski definition) is 1. The van der Waals surface area contributed by atoms with Gasteiger partial charge in [0.1, 0.15) is 5.54 Å². The third-order valence-electron chi connectivity index (χ3n) is 5.58. The van der Waals surface area contributed by atoms with E-state index in [9.17, 15) is 10.1 Å². The number of hydrogen-bond acceptors (Lipinski definition) is 5. The average molecular weight is 346 g/mol. The maximum absolute atomic E-state index is 11.1. The Kier molecular flexibility index (Phi) is 3.89. The molecule has 3 rings (SSSR count). The highest BCUT2D eigenvalue weighted by atomic mass is 16.7. The predicted molar refractivity (Wildman–Crippen MR) is 90.5 cm³/mol. The highest BCUT2D eigenvalue weighted by Gasteiger charge is 2.53. The molecule has 1 aromatic rings. The van der Waals surface area contributed by atoms with Crippen molar-refractivity contribution in [2.24, 2.45) is 0 Å². The van der Waals surface area contributed by atoms with E-state index in [-0.39, 0.29) is 19.5 Å². The summed E-state index contributed by atoms with van der Waals surface area (Å²) in [6.45, 7) is 10.3. The molecule has 0 aromatic carbocycles. The first kappa shape index (κ1) is 17.8. The van der Waals surface area contributed by atoms with Gasteiger partial charge in [0, 0.05) is 11.7 Å². The van der Waals surface area contributed by atoms with Crippen molar-refractivity contribution in [3.8, 4) is 6.07 Å². The molecule has 2 aliphatic heterocycles. The number of likely N-dealkylation sites (tertiary alicyclic amines) is 1. The largest absolute Gasteiger partial charge is 0.498 e. The molecule has 25 heavy (non-hydrogen) atoms. The molecule has 0 bridgehead atoms. The summed E-state index contributed by atoms with van der Waals surface area (Å²) < 4.78 is 13.9. The Balaban J connectivity index is 1.88. The van der Waals surface area contributed by atoms with E-state index in [4.69, 9.17) is 14.4 Å². The fraction of sp³-hybridized carbons (Fsp3) is 0.688. The minimum Gasteiger partial charge on any atom is -0.465 e. The molecule has 0 aliphatic carbocycles. The van der Waals surface area contributed by atoms with Crippen molar-refractivity contribution in [2.45, 2.75) is 57.8 Å². The fourth-order valence-corrected chi connectivity index (χ4v) is 3.20. The van der Waals surface area contributed by atoms with Crippen molar-refractivity contribution in [1.82, 2.24) is 14.7 Å². The summed E-state index contributed by atoms with van der Waals surface area (Å²) in [6.07, 6.45) is 1.04. The van der Waals surface area contributed by atoms with Crippen LogP contribution in [0.1, 0.15) is 39.8 Å². The lowest BCUT2D eigenvalue weighted by atomic mass is 9.79. The lowest BCUT2D eigenvalue weighted by molar-refractivity contribution is 0.00578. The van der Waals surface area contributed by atoms with Gasteiger partial charge in [-0.05, 0) is 34.6 Å². The molecule has 2 aliphatic rings. The molecule has 2 fully saturated rings. The molecule has 0 unspecified atom stereocenters. The zero-order chi connectivity index (χ0) is 18.6. The summed E-state index contributed by atoms with van der Waals surface area (Å²) in [4.78, 5) is 12.4. The Labute approximate surface area is 147 Å². The standard InChI is InChI=1S/C16H23BN4O4/c1-11-12(17-24-14(2,3)15(4,5)25-17)8-21(19-11)16(6-7-18)9-20(10-16)13(22)23/h8H,6,9-10H2,1-5H3,(H,22,23). The van der Waals surface area contributed by atoms with Crippen molar-refractivity contribution in [3.05, 3.63) is 11.9 Å². The van der Waals surface area contributed by atoms with E-state index in [1.807, 2.05) is 40.8 Å². The Morgan fingerprint density at radius 1 is 1.36 bits per heavy atom. The van der Waals surface area contributed by atoms with Gasteiger partial charge in [-0.3, -0.25) is 4.68 Å². The summed E-state index contributed by atoms with van der Waals surface area (Å²) in [5, 5.41) is 22.8. The molecule has 9 heteroatoms. The third-order valence-corrected chi connectivity index (χ3v) is 5.58.